The lowest BCUT2D eigenvalue weighted by atomic mass is 9.91. The first-order valence-corrected chi connectivity index (χ1v) is 5.13. The van der Waals surface area contributed by atoms with Gasteiger partial charge >= 0.3 is 41.6 Å². The normalized spacial score (nSPS) is 17.6. The third kappa shape index (κ3) is 2.87. The van der Waals surface area contributed by atoms with Crippen LogP contribution < -0.4 is 0 Å². The highest BCUT2D eigenvalue weighted by Crippen LogP contribution is 2.62. The first kappa shape index (κ1) is 23.9. The second-order valence-electron chi connectivity index (χ2n) is 4.37. The van der Waals surface area contributed by atoms with Crippen molar-refractivity contribution in [1.82, 2.24) is 0 Å². The van der Waals surface area contributed by atoms with E-state index < -0.39 is 48.0 Å². The molecule has 0 aliphatic rings. The molecular weight excluding hydrogens is 413 g/mol. The van der Waals surface area contributed by atoms with Crippen molar-refractivity contribution in [3.05, 3.63) is 0 Å². The van der Waals surface area contributed by atoms with Gasteiger partial charge in [-0.1, -0.05) is 0 Å². The molecule has 0 bridgehead atoms. The summed E-state index contributed by atoms with van der Waals surface area (Å²) in [4.78, 5) is 0. The second-order valence-corrected chi connectivity index (χ2v) is 4.37. The lowest BCUT2D eigenvalue weighted by Gasteiger charge is -2.41. The molecule has 0 spiro atoms. The van der Waals surface area contributed by atoms with Crippen LogP contribution in [0.2, 0.25) is 0 Å². The molecule has 0 saturated carbocycles. The van der Waals surface area contributed by atoms with E-state index in [4.69, 9.17) is 10.2 Å². The highest BCUT2D eigenvalue weighted by atomic mass is 19.4. The van der Waals surface area contributed by atoms with Gasteiger partial charge in [-0.25, -0.2) is 4.39 Å². The molecule has 2 N–H and O–H groups in total. The minimum Gasteiger partial charge on any atom is -0.359 e. The molecule has 1 atom stereocenters. The fraction of sp³-hybridized carbons (Fsp3) is 1.00. The summed E-state index contributed by atoms with van der Waals surface area (Å²) < 4.78 is 188. The maximum absolute atomic E-state index is 12.9. The molecule has 0 rings (SSSR count). The van der Waals surface area contributed by atoms with E-state index in [-0.39, 0.29) is 0 Å². The first-order valence-electron chi connectivity index (χ1n) is 5.13. The zero-order chi connectivity index (χ0) is 21.1. The molecule has 0 aromatic carbocycles. The topological polar surface area (TPSA) is 40.5 Å². The van der Waals surface area contributed by atoms with Crippen molar-refractivity contribution in [2.24, 2.45) is 0 Å². The maximum atomic E-state index is 12.9. The van der Waals surface area contributed by atoms with Crippen molar-refractivity contribution < 1.29 is 76.1 Å². The molecule has 152 valence electrons. The van der Waals surface area contributed by atoms with E-state index in [1.807, 2.05) is 0 Å². The summed E-state index contributed by atoms with van der Waals surface area (Å²) in [7, 11) is 0. The van der Waals surface area contributed by atoms with Crippen LogP contribution >= 0.6 is 0 Å². The fourth-order valence-electron chi connectivity index (χ4n) is 1.14. The summed E-state index contributed by atoms with van der Waals surface area (Å²) >= 11 is 0. The SMILES string of the molecule is OC(F)C(F)(F)C(F)(F)C(F)(F)C(F)(F)C(F)(F)C(F)(F)C(O)(F)F. The molecule has 0 amide bonds. The molecule has 0 saturated heterocycles. The summed E-state index contributed by atoms with van der Waals surface area (Å²) in [5, 5.41) is 15.0. The first-order chi connectivity index (χ1) is 10.4. The standard InChI is InChI=1S/C8H3F15O2/c9-1(24)2(10,11)3(12,13)4(14,15)5(16,17)6(18,19)7(20,21)8(22,23)25/h1,24-25H. The van der Waals surface area contributed by atoms with Crippen molar-refractivity contribution >= 4 is 0 Å². The van der Waals surface area contributed by atoms with E-state index >= 15 is 0 Å². The van der Waals surface area contributed by atoms with Crippen molar-refractivity contribution in [2.45, 2.75) is 48.0 Å². The molecule has 1 unspecified atom stereocenters. The molecule has 0 aromatic rings. The quantitative estimate of drug-likeness (QED) is 0.623. The molecule has 0 fully saturated rings. The van der Waals surface area contributed by atoms with Crippen LogP contribution in [0.1, 0.15) is 0 Å². The van der Waals surface area contributed by atoms with E-state index in [2.05, 4.69) is 0 Å². The lowest BCUT2D eigenvalue weighted by molar-refractivity contribution is -0.466. The van der Waals surface area contributed by atoms with Gasteiger partial charge in [0, 0.05) is 0 Å². The molecule has 0 aromatic heterocycles. The van der Waals surface area contributed by atoms with E-state index in [1.165, 1.54) is 0 Å². The predicted molar refractivity (Wildman–Crippen MR) is 44.0 cm³/mol. The number of hydrogen-bond donors (Lipinski definition) is 2. The van der Waals surface area contributed by atoms with Crippen LogP contribution in [-0.2, 0) is 0 Å². The third-order valence-electron chi connectivity index (χ3n) is 2.67. The van der Waals surface area contributed by atoms with Crippen molar-refractivity contribution in [3.63, 3.8) is 0 Å². The summed E-state index contributed by atoms with van der Waals surface area (Å²) in [5.74, 6) is -48.1. The number of halogens is 15. The molecule has 0 radical (unpaired) electrons. The zero-order valence-electron chi connectivity index (χ0n) is 10.6. The lowest BCUT2D eigenvalue weighted by Crippen LogP contribution is -2.73. The summed E-state index contributed by atoms with van der Waals surface area (Å²) in [6, 6.07) is 0. The van der Waals surface area contributed by atoms with Crippen LogP contribution in [0.25, 0.3) is 0 Å². The van der Waals surface area contributed by atoms with Gasteiger partial charge in [-0.15, -0.1) is 0 Å². The molecule has 2 nitrogen and oxygen atoms in total. The summed E-state index contributed by atoms with van der Waals surface area (Å²) in [6.45, 7) is 0. The zero-order valence-corrected chi connectivity index (χ0v) is 10.6. The van der Waals surface area contributed by atoms with E-state index in [0.717, 1.165) is 0 Å². The van der Waals surface area contributed by atoms with Gasteiger partial charge in [0.1, 0.15) is 0 Å². The Hall–Kier alpha value is -1.13. The Morgan fingerprint density at radius 3 is 0.960 bits per heavy atom. The Morgan fingerprint density at radius 2 is 0.720 bits per heavy atom. The van der Waals surface area contributed by atoms with Gasteiger partial charge in [0.05, 0.1) is 0 Å². The Morgan fingerprint density at radius 1 is 0.480 bits per heavy atom. The Kier molecular flexibility index (Phi) is 5.43. The van der Waals surface area contributed by atoms with E-state index in [1.54, 1.807) is 0 Å². The molecular formula is C8H3F15O2. The van der Waals surface area contributed by atoms with Gasteiger partial charge in [-0.2, -0.15) is 61.5 Å². The molecule has 0 heterocycles. The van der Waals surface area contributed by atoms with Crippen LogP contribution in [0.3, 0.4) is 0 Å². The average Bonchev–Trinajstić information content (AvgIpc) is 2.35. The van der Waals surface area contributed by atoms with Crippen LogP contribution in [0.5, 0.6) is 0 Å². The maximum Gasteiger partial charge on any atom is 0.423 e. The van der Waals surface area contributed by atoms with Gasteiger partial charge in [0.2, 0.25) is 0 Å². The van der Waals surface area contributed by atoms with Crippen molar-refractivity contribution in [3.8, 4) is 0 Å². The van der Waals surface area contributed by atoms with Gasteiger partial charge in [0.25, 0.3) is 6.36 Å². The monoisotopic (exact) mass is 416 g/mol. The number of hydrogen-bond acceptors (Lipinski definition) is 2. The van der Waals surface area contributed by atoms with Gasteiger partial charge < -0.3 is 10.2 Å². The molecule has 0 aliphatic heterocycles. The number of aliphatic hydroxyl groups is 2. The van der Waals surface area contributed by atoms with Crippen LogP contribution in [0.15, 0.2) is 0 Å². The highest BCUT2D eigenvalue weighted by molar-refractivity contribution is 5.13. The van der Waals surface area contributed by atoms with Crippen molar-refractivity contribution in [1.29, 1.82) is 0 Å². The van der Waals surface area contributed by atoms with Crippen LogP contribution in [0.4, 0.5) is 65.9 Å². The smallest absolute Gasteiger partial charge is 0.359 e. The average molecular weight is 416 g/mol. The molecule has 25 heavy (non-hydrogen) atoms. The summed E-state index contributed by atoms with van der Waals surface area (Å²) in [5.41, 5.74) is 0. The predicted octanol–water partition coefficient (Wildman–Crippen LogP) is 3.67. The van der Waals surface area contributed by atoms with E-state index in [0.29, 0.717) is 0 Å². The number of alkyl halides is 15. The van der Waals surface area contributed by atoms with Crippen LogP contribution in [-0.4, -0.2) is 58.2 Å². The fourth-order valence-corrected chi connectivity index (χ4v) is 1.14. The summed E-state index contributed by atoms with van der Waals surface area (Å²) in [6.07, 6.45) is -12.6. The molecule has 17 heteroatoms. The minimum atomic E-state index is -8.41. The van der Waals surface area contributed by atoms with Gasteiger partial charge in [-0.3, -0.25) is 0 Å². The highest BCUT2D eigenvalue weighted by Gasteiger charge is 2.93. The molecule has 0 aliphatic carbocycles. The second kappa shape index (κ2) is 5.68. The van der Waals surface area contributed by atoms with Gasteiger partial charge in [0.15, 0.2) is 0 Å². The van der Waals surface area contributed by atoms with Gasteiger partial charge in [-0.05, 0) is 0 Å². The van der Waals surface area contributed by atoms with Crippen molar-refractivity contribution in [2.75, 3.05) is 0 Å². The number of rotatable bonds is 7. The van der Waals surface area contributed by atoms with E-state index in [9.17, 15) is 65.9 Å². The van der Waals surface area contributed by atoms with Crippen LogP contribution in [0, 0.1) is 0 Å². The Bertz CT molecular complexity index is 490. The Balaban J connectivity index is 6.50. The Labute approximate surface area is 125 Å². The third-order valence-corrected chi connectivity index (χ3v) is 2.67. The largest absolute Gasteiger partial charge is 0.423 e. The number of aliphatic hydroxyl groups excluding tert-OH is 1. The minimum absolute atomic E-state index is 5.38.